The summed E-state index contributed by atoms with van der Waals surface area (Å²) < 4.78 is 24.4. The fraction of sp³-hybridized carbons (Fsp3) is 0.560. The molecule has 1 saturated heterocycles. The highest BCUT2D eigenvalue weighted by molar-refractivity contribution is 6.83. The molecule has 66 heavy (non-hydrogen) atoms. The molecule has 0 unspecified atom stereocenters. The van der Waals surface area contributed by atoms with E-state index in [-0.39, 0.29) is 44.3 Å². The number of allylic oxidation sites excluding steroid dienone is 3. The zero-order valence-corrected chi connectivity index (χ0v) is 41.7. The minimum Gasteiger partial charge on any atom is -0.872 e. The van der Waals surface area contributed by atoms with Crippen LogP contribution >= 0.6 is 0 Å². The number of quaternary nitrogens is 1. The molecule has 0 saturated carbocycles. The predicted octanol–water partition coefficient (Wildman–Crippen LogP) is 5.27. The first-order valence-corrected chi connectivity index (χ1v) is 26.1. The number of hydrogen-bond donors (Lipinski definition) is 4. The van der Waals surface area contributed by atoms with Crippen LogP contribution in [0.5, 0.6) is 23.0 Å². The minimum atomic E-state index is -2.07. The number of hydrazone groups is 1. The van der Waals surface area contributed by atoms with Crippen LogP contribution in [0.15, 0.2) is 41.2 Å². The first-order chi connectivity index (χ1) is 30.8. The lowest BCUT2D eigenvalue weighted by Crippen LogP contribution is -2.56. The van der Waals surface area contributed by atoms with Gasteiger partial charge in [0.1, 0.15) is 38.0 Å². The number of esters is 1. The molecule has 15 nitrogen and oxygen atoms in total. The Morgan fingerprint density at radius 2 is 1.68 bits per heavy atom. The monoisotopic (exact) mass is 931 g/mol. The first-order valence-electron chi connectivity index (χ1n) is 22.6. The van der Waals surface area contributed by atoms with Crippen molar-refractivity contribution in [1.29, 1.82) is 0 Å². The van der Waals surface area contributed by atoms with Crippen molar-refractivity contribution >= 4 is 42.6 Å². The summed E-state index contributed by atoms with van der Waals surface area (Å²) in [5, 5.41) is 67.5. The number of phenols is 2. The van der Waals surface area contributed by atoms with Crippen LogP contribution < -0.4 is 9.84 Å². The highest BCUT2D eigenvalue weighted by Crippen LogP contribution is 2.53. The van der Waals surface area contributed by atoms with Gasteiger partial charge >= 0.3 is 11.8 Å². The van der Waals surface area contributed by atoms with Crippen LogP contribution in [0.3, 0.4) is 0 Å². The van der Waals surface area contributed by atoms with Crippen LogP contribution in [0.1, 0.15) is 75.5 Å². The van der Waals surface area contributed by atoms with Gasteiger partial charge in [-0.1, -0.05) is 77.2 Å². The molecule has 2 aromatic rings. The number of fused-ring (bicyclic) bond motifs is 14. The average Bonchev–Trinajstić information content (AvgIpc) is 3.51. The Morgan fingerprint density at radius 3 is 2.29 bits per heavy atom. The molecule has 4 aliphatic rings. The summed E-state index contributed by atoms with van der Waals surface area (Å²) in [6.07, 6.45) is 4.57. The highest BCUT2D eigenvalue weighted by atomic mass is 28.3. The molecule has 4 aliphatic heterocycles. The third-order valence-corrected chi connectivity index (χ3v) is 14.3. The number of Topliss-reactive ketones (excluding diaryl/α,β-unsaturated/α-hetero) is 2. The second-order valence-corrected chi connectivity index (χ2v) is 24.6. The van der Waals surface area contributed by atoms with Gasteiger partial charge in [0.05, 0.1) is 69.6 Å². The Labute approximate surface area is 390 Å². The van der Waals surface area contributed by atoms with Crippen molar-refractivity contribution in [3.63, 3.8) is 0 Å². The Bertz CT molecular complexity index is 2380. The number of likely N-dealkylation sites (N-methyl/N-ethyl adjacent to an activating group) is 1. The van der Waals surface area contributed by atoms with E-state index >= 15 is 0 Å². The SMILES string of the molecule is CO[C@H]1/C=C/O[C@@]2(C)Oc3c(C)c([O-])c4c(O)c(c(/C=N/N5CC[N+](C)(CC#C[Si](C)(C)C)CC5)c(O)c4c3C2=O)CC(=O)/C(C)=C\C=C\[C@H](C)[C@H](O)[C@@H](C)[C@@H](O)[C@@H](C)[C@H](OC(C)=O)[C@@H]1C. The van der Waals surface area contributed by atoms with Gasteiger partial charge in [-0.15, -0.1) is 5.54 Å². The van der Waals surface area contributed by atoms with E-state index in [4.69, 9.17) is 24.0 Å². The summed E-state index contributed by atoms with van der Waals surface area (Å²) in [6.45, 7) is 22.5. The van der Waals surface area contributed by atoms with Crippen molar-refractivity contribution in [1.82, 2.24) is 5.01 Å². The van der Waals surface area contributed by atoms with E-state index in [1.54, 1.807) is 52.8 Å². The number of phenolic OH excluding ortho intramolecular Hbond substituents is 2. The Morgan fingerprint density at radius 1 is 1.03 bits per heavy atom. The van der Waals surface area contributed by atoms with E-state index in [1.807, 2.05) is 5.01 Å². The average molecular weight is 932 g/mol. The number of rotatable bonds is 5. The van der Waals surface area contributed by atoms with Gasteiger partial charge < -0.3 is 49.0 Å². The van der Waals surface area contributed by atoms with Gasteiger partial charge in [0.15, 0.2) is 5.78 Å². The number of aliphatic hydroxyl groups excluding tert-OH is 2. The molecule has 0 aromatic heterocycles. The summed E-state index contributed by atoms with van der Waals surface area (Å²) >= 11 is 0. The molecule has 360 valence electrons. The number of nitrogens with zero attached hydrogens (tertiary/aromatic N) is 3. The summed E-state index contributed by atoms with van der Waals surface area (Å²) in [4.78, 5) is 41.0. The lowest BCUT2D eigenvalue weighted by molar-refractivity contribution is -0.906. The molecule has 4 heterocycles. The van der Waals surface area contributed by atoms with Crippen LogP contribution in [-0.2, 0) is 30.2 Å². The second-order valence-electron chi connectivity index (χ2n) is 19.8. The van der Waals surface area contributed by atoms with Gasteiger partial charge in [0, 0.05) is 72.9 Å². The molecule has 9 atom stereocenters. The van der Waals surface area contributed by atoms with E-state index < -0.39 is 103 Å². The molecule has 16 heteroatoms. The van der Waals surface area contributed by atoms with Gasteiger partial charge in [-0.2, -0.15) is 5.10 Å². The first kappa shape index (κ1) is 51.8. The lowest BCUT2D eigenvalue weighted by Gasteiger charge is -2.39. The Balaban J connectivity index is 1.66. The fourth-order valence-electron chi connectivity index (χ4n) is 8.93. The molecule has 0 spiro atoms. The second kappa shape index (κ2) is 20.4. The van der Waals surface area contributed by atoms with Gasteiger partial charge in [0.2, 0.25) is 0 Å². The van der Waals surface area contributed by atoms with Crippen molar-refractivity contribution in [3.8, 4) is 34.5 Å². The number of piperazine rings is 1. The standard InChI is InChI=1S/C50H69N3O12Si/c1-28-16-14-17-29(2)42(56)31(4)43(57)32(5)47(64-34(7)54)30(3)38(62-10)18-24-63-50(8)49(61)41-39-40(44(58)33(6)48(41)65-50)45(59)35(26-37(28)55)36(46(39)60)27-51-52-19-22-53(9,23-20-52)21-15-25-66(11,12)13/h14,16-18,24,27,29-32,38,42-43,47,56-57H,19-23,26H2,1-13H3,(H2-,51,58,59,60,61)/b17-14+,24-18+,28-16-/t29-,30+,31+,32+,38-,42-,43+,47+,50-/m0/s1. The van der Waals surface area contributed by atoms with Crippen molar-refractivity contribution < 1.29 is 63.3 Å². The molecular formula is C50H69N3O12Si. The molecule has 0 amide bonds. The van der Waals surface area contributed by atoms with Crippen molar-refractivity contribution in [2.75, 3.05) is 46.9 Å². The number of carbonyl (C=O) groups is 3. The number of benzene rings is 2. The number of aliphatic hydroxyl groups is 2. The van der Waals surface area contributed by atoms with Crippen molar-refractivity contribution in [2.24, 2.45) is 28.8 Å². The quantitative estimate of drug-likeness (QED) is 0.0754. The summed E-state index contributed by atoms with van der Waals surface area (Å²) in [5.41, 5.74) is 3.36. The number of ether oxygens (including phenoxy) is 4. The summed E-state index contributed by atoms with van der Waals surface area (Å²) in [7, 11) is 2.06. The molecule has 4 N–H and O–H groups in total. The maximum absolute atomic E-state index is 14.6. The number of aromatic hydroxyl groups is 2. The van der Waals surface area contributed by atoms with Crippen LogP contribution in [0, 0.1) is 42.1 Å². The predicted molar refractivity (Wildman–Crippen MR) is 253 cm³/mol. The lowest BCUT2D eigenvalue weighted by atomic mass is 9.78. The third-order valence-electron chi connectivity index (χ3n) is 13.4. The smallest absolute Gasteiger partial charge is 0.312 e. The third kappa shape index (κ3) is 11.0. The number of ketones is 2. The van der Waals surface area contributed by atoms with E-state index in [9.17, 15) is 39.9 Å². The number of methoxy groups -OCH3 is 1. The molecular weight excluding hydrogens is 863 g/mol. The van der Waals surface area contributed by atoms with Crippen LogP contribution in [0.4, 0.5) is 0 Å². The van der Waals surface area contributed by atoms with Gasteiger partial charge in [0.25, 0.3) is 5.78 Å². The topological polar surface area (TPSA) is 208 Å². The highest BCUT2D eigenvalue weighted by Gasteiger charge is 2.49. The van der Waals surface area contributed by atoms with E-state index in [0.717, 1.165) is 17.6 Å². The Kier molecular flexibility index (Phi) is 16.0. The van der Waals surface area contributed by atoms with Gasteiger partial charge in [-0.3, -0.25) is 19.4 Å². The maximum Gasteiger partial charge on any atom is 0.312 e. The van der Waals surface area contributed by atoms with Crippen LogP contribution in [-0.4, -0.2) is 139 Å². The number of hydrogen-bond acceptors (Lipinski definition) is 14. The maximum atomic E-state index is 14.6. The molecule has 2 aromatic carbocycles. The van der Waals surface area contributed by atoms with Gasteiger partial charge in [-0.25, -0.2) is 0 Å². The van der Waals surface area contributed by atoms with E-state index in [1.165, 1.54) is 46.4 Å². The zero-order chi connectivity index (χ0) is 49.2. The van der Waals surface area contributed by atoms with Crippen molar-refractivity contribution in [2.45, 2.75) is 112 Å². The normalized spacial score (nSPS) is 30.6. The fourth-order valence-corrected chi connectivity index (χ4v) is 9.54. The van der Waals surface area contributed by atoms with E-state index in [0.29, 0.717) is 19.6 Å². The summed E-state index contributed by atoms with van der Waals surface area (Å²) in [5.74, 6) is -4.98. The molecule has 6 rings (SSSR count). The minimum absolute atomic E-state index is 0.0306. The van der Waals surface area contributed by atoms with Crippen molar-refractivity contribution in [3.05, 3.63) is 58.4 Å². The largest absolute Gasteiger partial charge is 0.872 e. The Hall–Kier alpha value is -5.18. The zero-order valence-electron chi connectivity index (χ0n) is 40.7. The molecule has 1 fully saturated rings. The molecule has 0 aliphatic carbocycles. The van der Waals surface area contributed by atoms with Crippen LogP contribution in [0.2, 0.25) is 19.6 Å². The number of carbonyl (C=O) groups excluding carboxylic acids is 3. The molecule has 5 bridgehead atoms. The van der Waals surface area contributed by atoms with Gasteiger partial charge in [-0.05, 0) is 31.1 Å². The van der Waals surface area contributed by atoms with E-state index in [2.05, 4.69) is 38.2 Å². The molecule has 0 radical (unpaired) electrons. The summed E-state index contributed by atoms with van der Waals surface area (Å²) in [6, 6.07) is 0. The van der Waals surface area contributed by atoms with Crippen LogP contribution in [0.25, 0.3) is 10.8 Å².